The molecule has 166 valence electrons. The van der Waals surface area contributed by atoms with Gasteiger partial charge in [-0.25, -0.2) is 4.39 Å². The average molecular weight is 435 g/mol. The molecule has 7 heteroatoms. The molecule has 1 aromatic heterocycles. The van der Waals surface area contributed by atoms with Crippen LogP contribution in [-0.2, 0) is 22.6 Å². The van der Waals surface area contributed by atoms with Crippen LogP contribution in [0.2, 0.25) is 0 Å². The Morgan fingerprint density at radius 1 is 1.22 bits per heavy atom. The van der Waals surface area contributed by atoms with E-state index < -0.39 is 5.54 Å². The second-order valence-electron chi connectivity index (χ2n) is 8.81. The zero-order valence-electron chi connectivity index (χ0n) is 18.0. The van der Waals surface area contributed by atoms with Crippen molar-refractivity contribution in [3.8, 4) is 0 Å². The third kappa shape index (κ3) is 3.56. The maximum atomic E-state index is 13.8. The zero-order chi connectivity index (χ0) is 22.3. The normalized spacial score (nSPS) is 22.9. The SMILES string of the molecule is C[C@]1(C(=O)NC[C@@H]2CCCO2)Cn2c(cc3ccccc32)C(=O)N1Cc1cccc(F)c1. The third-order valence-electron chi connectivity index (χ3n) is 6.57. The minimum Gasteiger partial charge on any atom is -0.376 e. The van der Waals surface area contributed by atoms with Gasteiger partial charge >= 0.3 is 0 Å². The summed E-state index contributed by atoms with van der Waals surface area (Å²) in [6.45, 7) is 3.36. The molecule has 2 atom stereocenters. The van der Waals surface area contributed by atoms with E-state index >= 15 is 0 Å². The second-order valence-corrected chi connectivity index (χ2v) is 8.81. The Morgan fingerprint density at radius 2 is 2.06 bits per heavy atom. The van der Waals surface area contributed by atoms with Crippen LogP contribution in [0.4, 0.5) is 4.39 Å². The van der Waals surface area contributed by atoms with Gasteiger partial charge in [-0.1, -0.05) is 30.3 Å². The lowest BCUT2D eigenvalue weighted by molar-refractivity contribution is -0.133. The molecule has 6 nitrogen and oxygen atoms in total. The van der Waals surface area contributed by atoms with E-state index in [1.165, 1.54) is 12.1 Å². The average Bonchev–Trinajstić information content (AvgIpc) is 3.43. The molecular weight excluding hydrogens is 409 g/mol. The first-order valence-corrected chi connectivity index (χ1v) is 11.0. The summed E-state index contributed by atoms with van der Waals surface area (Å²) in [6.07, 6.45) is 1.90. The van der Waals surface area contributed by atoms with Gasteiger partial charge in [0.15, 0.2) is 0 Å². The van der Waals surface area contributed by atoms with Crippen LogP contribution in [0.3, 0.4) is 0 Å². The van der Waals surface area contributed by atoms with E-state index in [1.54, 1.807) is 24.0 Å². The van der Waals surface area contributed by atoms with Crippen molar-refractivity contribution < 1.29 is 18.7 Å². The Hall–Kier alpha value is -3.19. The third-order valence-corrected chi connectivity index (χ3v) is 6.57. The second kappa shape index (κ2) is 8.06. The number of para-hydroxylation sites is 1. The largest absolute Gasteiger partial charge is 0.376 e. The summed E-state index contributed by atoms with van der Waals surface area (Å²) < 4.78 is 21.4. The monoisotopic (exact) mass is 435 g/mol. The van der Waals surface area contributed by atoms with Crippen molar-refractivity contribution in [1.82, 2.24) is 14.8 Å². The van der Waals surface area contributed by atoms with Crippen molar-refractivity contribution in [3.05, 3.63) is 71.7 Å². The molecule has 3 aromatic rings. The standard InChI is InChI=1S/C25H26FN3O3/c1-25(24(31)27-14-20-9-5-11-32-20)16-28-21-10-3-2-7-18(21)13-22(28)23(30)29(25)15-17-6-4-8-19(26)12-17/h2-4,6-8,10,12-13,20H,5,9,11,14-16H2,1H3,(H,27,31)/t20-,25+/m0/s1. The van der Waals surface area contributed by atoms with Crippen LogP contribution in [0.15, 0.2) is 54.6 Å². The number of fused-ring (bicyclic) bond motifs is 3. The summed E-state index contributed by atoms with van der Waals surface area (Å²) in [4.78, 5) is 28.7. The van der Waals surface area contributed by atoms with E-state index in [2.05, 4.69) is 5.32 Å². The number of ether oxygens (including phenoxy) is 1. The summed E-state index contributed by atoms with van der Waals surface area (Å²) in [6, 6.07) is 15.8. The van der Waals surface area contributed by atoms with Crippen LogP contribution in [0.5, 0.6) is 0 Å². The molecule has 1 saturated heterocycles. The van der Waals surface area contributed by atoms with E-state index in [9.17, 15) is 14.0 Å². The molecule has 2 amide bonds. The maximum absolute atomic E-state index is 13.8. The molecule has 1 N–H and O–H groups in total. The number of amides is 2. The minimum absolute atomic E-state index is 0.00137. The molecule has 32 heavy (non-hydrogen) atoms. The van der Waals surface area contributed by atoms with Gasteiger partial charge in [0.05, 0.1) is 12.6 Å². The lowest BCUT2D eigenvalue weighted by Gasteiger charge is -2.44. The van der Waals surface area contributed by atoms with Crippen LogP contribution >= 0.6 is 0 Å². The van der Waals surface area contributed by atoms with Crippen molar-refractivity contribution in [2.75, 3.05) is 13.2 Å². The predicted molar refractivity (Wildman–Crippen MR) is 119 cm³/mol. The quantitative estimate of drug-likeness (QED) is 0.667. The molecule has 0 spiro atoms. The van der Waals surface area contributed by atoms with E-state index in [1.807, 2.05) is 34.9 Å². The minimum atomic E-state index is -1.14. The van der Waals surface area contributed by atoms with Crippen LogP contribution in [-0.4, -0.2) is 46.1 Å². The molecule has 5 rings (SSSR count). The number of hydrogen-bond donors (Lipinski definition) is 1. The van der Waals surface area contributed by atoms with Gasteiger partial charge in [-0.3, -0.25) is 9.59 Å². The first-order chi connectivity index (χ1) is 15.5. The number of nitrogens with one attached hydrogen (secondary N) is 1. The molecule has 0 radical (unpaired) electrons. The molecule has 2 aromatic carbocycles. The highest BCUT2D eigenvalue weighted by molar-refractivity contribution is 6.03. The number of carbonyl (C=O) groups is 2. The van der Waals surface area contributed by atoms with Gasteiger partial charge in [0.1, 0.15) is 17.1 Å². The van der Waals surface area contributed by atoms with Crippen molar-refractivity contribution in [2.45, 2.75) is 44.5 Å². The lowest BCUT2D eigenvalue weighted by atomic mass is 9.93. The number of aromatic nitrogens is 1. The summed E-state index contributed by atoms with van der Waals surface area (Å²) in [5, 5.41) is 3.96. The van der Waals surface area contributed by atoms with Gasteiger partial charge < -0.3 is 19.5 Å². The molecule has 2 aliphatic rings. The van der Waals surface area contributed by atoms with Crippen LogP contribution < -0.4 is 5.32 Å². The Morgan fingerprint density at radius 3 is 2.84 bits per heavy atom. The van der Waals surface area contributed by atoms with Crippen LogP contribution in [0.25, 0.3) is 10.9 Å². The van der Waals surface area contributed by atoms with Gasteiger partial charge in [-0.05, 0) is 49.6 Å². The smallest absolute Gasteiger partial charge is 0.271 e. The Labute approximate surface area is 186 Å². The molecular formula is C25H26FN3O3. The highest BCUT2D eigenvalue weighted by Crippen LogP contribution is 2.33. The van der Waals surface area contributed by atoms with Crippen molar-refractivity contribution in [1.29, 1.82) is 0 Å². The Bertz CT molecular complexity index is 1180. The first-order valence-electron chi connectivity index (χ1n) is 11.0. The zero-order valence-corrected chi connectivity index (χ0v) is 18.0. The van der Waals surface area contributed by atoms with Gasteiger partial charge in [0.25, 0.3) is 5.91 Å². The topological polar surface area (TPSA) is 63.6 Å². The van der Waals surface area contributed by atoms with E-state index in [0.29, 0.717) is 31.0 Å². The summed E-state index contributed by atoms with van der Waals surface area (Å²) in [7, 11) is 0. The number of hydrogen-bond acceptors (Lipinski definition) is 3. The number of rotatable bonds is 5. The van der Waals surface area contributed by atoms with E-state index in [4.69, 9.17) is 4.74 Å². The molecule has 0 unspecified atom stereocenters. The molecule has 2 aliphatic heterocycles. The van der Waals surface area contributed by atoms with Crippen molar-refractivity contribution >= 4 is 22.7 Å². The number of halogens is 1. The highest BCUT2D eigenvalue weighted by atomic mass is 19.1. The number of carbonyl (C=O) groups excluding carboxylic acids is 2. The van der Waals surface area contributed by atoms with Crippen LogP contribution in [0.1, 0.15) is 35.8 Å². The lowest BCUT2D eigenvalue weighted by Crippen LogP contribution is -2.64. The summed E-state index contributed by atoms with van der Waals surface area (Å²) in [5.74, 6) is -0.849. The van der Waals surface area contributed by atoms with E-state index in [-0.39, 0.29) is 30.3 Å². The highest BCUT2D eigenvalue weighted by Gasteiger charge is 2.47. The summed E-state index contributed by atoms with van der Waals surface area (Å²) in [5.41, 5.74) is 0.948. The Balaban J connectivity index is 1.52. The molecule has 0 bridgehead atoms. The van der Waals surface area contributed by atoms with Crippen LogP contribution in [0, 0.1) is 5.82 Å². The fourth-order valence-corrected chi connectivity index (χ4v) is 4.77. The first kappa shape index (κ1) is 20.7. The van der Waals surface area contributed by atoms with Gasteiger partial charge in [0.2, 0.25) is 5.91 Å². The summed E-state index contributed by atoms with van der Waals surface area (Å²) >= 11 is 0. The van der Waals surface area contributed by atoms with Gasteiger partial charge in [-0.15, -0.1) is 0 Å². The number of benzene rings is 2. The van der Waals surface area contributed by atoms with Crippen molar-refractivity contribution in [3.63, 3.8) is 0 Å². The fraction of sp³-hybridized carbons (Fsp3) is 0.360. The van der Waals surface area contributed by atoms with Gasteiger partial charge in [-0.2, -0.15) is 0 Å². The van der Waals surface area contributed by atoms with Gasteiger partial charge in [0, 0.05) is 30.6 Å². The molecule has 0 saturated carbocycles. The van der Waals surface area contributed by atoms with E-state index in [0.717, 1.165) is 23.7 Å². The Kier molecular flexibility index (Phi) is 5.21. The molecule has 0 aliphatic carbocycles. The predicted octanol–water partition coefficient (Wildman–Crippen LogP) is 3.49. The van der Waals surface area contributed by atoms with Crippen molar-refractivity contribution in [2.24, 2.45) is 0 Å². The maximum Gasteiger partial charge on any atom is 0.271 e. The fourth-order valence-electron chi connectivity index (χ4n) is 4.77. The molecule has 1 fully saturated rings. The number of nitrogens with zero attached hydrogens (tertiary/aromatic N) is 2. The molecule has 3 heterocycles.